The van der Waals surface area contributed by atoms with Gasteiger partial charge < -0.3 is 40.5 Å². The van der Waals surface area contributed by atoms with Gasteiger partial charge in [-0.25, -0.2) is 4.68 Å². The number of nitrogens with one attached hydrogen (secondary N) is 3. The summed E-state index contributed by atoms with van der Waals surface area (Å²) in [6.07, 6.45) is -1.15. The van der Waals surface area contributed by atoms with E-state index in [1.165, 1.54) is 4.90 Å². The number of aliphatic hydroxyl groups is 2. The molecule has 3 aliphatic rings. The lowest BCUT2D eigenvalue weighted by Gasteiger charge is -2.28. The molecule has 3 fully saturated rings. The van der Waals surface area contributed by atoms with Gasteiger partial charge in [-0.1, -0.05) is 35.5 Å². The summed E-state index contributed by atoms with van der Waals surface area (Å²) in [5.41, 5.74) is 1.53. The van der Waals surface area contributed by atoms with Crippen LogP contribution in [0.15, 0.2) is 36.5 Å². The highest BCUT2D eigenvalue weighted by molar-refractivity contribution is 5.90. The highest BCUT2D eigenvalue weighted by atomic mass is 16.5. The first-order valence-corrected chi connectivity index (χ1v) is 14.5. The Morgan fingerprint density at radius 1 is 1.05 bits per heavy atom. The molecule has 0 saturated carbocycles. The third kappa shape index (κ3) is 7.89. The zero-order valence-corrected chi connectivity index (χ0v) is 23.4. The molecule has 1 aromatic carbocycles. The molecule has 3 saturated heterocycles. The number of carbonyl (C=O) groups is 3. The molecule has 5 N–H and O–H groups in total. The second-order valence-electron chi connectivity index (χ2n) is 11.0. The van der Waals surface area contributed by atoms with Gasteiger partial charge in [-0.15, -0.1) is 5.10 Å². The van der Waals surface area contributed by atoms with Crippen LogP contribution in [0.2, 0.25) is 0 Å². The fourth-order valence-corrected chi connectivity index (χ4v) is 5.50. The van der Waals surface area contributed by atoms with E-state index >= 15 is 0 Å². The summed E-state index contributed by atoms with van der Waals surface area (Å²) in [5, 5.41) is 38.3. The molecule has 0 radical (unpaired) electrons. The molecule has 0 unspecified atom stereocenters. The first-order chi connectivity index (χ1) is 20.4. The second-order valence-corrected chi connectivity index (χ2v) is 11.0. The van der Waals surface area contributed by atoms with Crippen LogP contribution in [0.4, 0.5) is 0 Å². The largest absolute Gasteiger partial charge is 0.388 e. The molecule has 42 heavy (non-hydrogen) atoms. The summed E-state index contributed by atoms with van der Waals surface area (Å²) in [7, 11) is 0. The Balaban J connectivity index is 1.28. The van der Waals surface area contributed by atoms with Crippen molar-refractivity contribution in [2.45, 2.75) is 68.7 Å². The first kappa shape index (κ1) is 30.0. The maximum atomic E-state index is 13.3. The lowest BCUT2D eigenvalue weighted by Crippen LogP contribution is -2.53. The van der Waals surface area contributed by atoms with Crippen LogP contribution in [0.3, 0.4) is 0 Å². The van der Waals surface area contributed by atoms with Crippen molar-refractivity contribution in [3.63, 3.8) is 0 Å². The van der Waals surface area contributed by atoms with Crippen molar-refractivity contribution in [1.82, 2.24) is 35.8 Å². The quantitative estimate of drug-likeness (QED) is 0.232. The van der Waals surface area contributed by atoms with Gasteiger partial charge in [0, 0.05) is 51.5 Å². The molecule has 228 valence electrons. The minimum absolute atomic E-state index is 0.0605. The Kier molecular flexibility index (Phi) is 10.1. The molecule has 3 amide bonds. The normalized spacial score (nSPS) is 28.0. The Morgan fingerprint density at radius 3 is 2.60 bits per heavy atom. The van der Waals surface area contributed by atoms with Gasteiger partial charge in [0.15, 0.2) is 0 Å². The number of nitrogens with zero attached hydrogens (tertiary/aromatic N) is 4. The van der Waals surface area contributed by atoms with E-state index < -0.39 is 48.2 Å². The Morgan fingerprint density at radius 2 is 1.81 bits per heavy atom. The minimum atomic E-state index is -1.30. The van der Waals surface area contributed by atoms with Crippen LogP contribution in [0, 0.1) is 0 Å². The molecule has 0 aliphatic carbocycles. The third-order valence-corrected chi connectivity index (χ3v) is 7.88. The van der Waals surface area contributed by atoms with Crippen LogP contribution in [-0.4, -0.2) is 124 Å². The smallest absolute Gasteiger partial charge is 0.243 e. The number of hydrogen-bond acceptors (Lipinski definition) is 10. The first-order valence-electron chi connectivity index (χ1n) is 14.5. The summed E-state index contributed by atoms with van der Waals surface area (Å²) in [6, 6.07) is 8.98. The van der Waals surface area contributed by atoms with E-state index in [1.807, 2.05) is 30.3 Å². The number of aromatic nitrogens is 3. The zero-order valence-electron chi connectivity index (χ0n) is 23.4. The monoisotopic (exact) mass is 585 g/mol. The Bertz CT molecular complexity index is 1210. The fourth-order valence-electron chi connectivity index (χ4n) is 5.50. The predicted molar refractivity (Wildman–Crippen MR) is 148 cm³/mol. The van der Waals surface area contributed by atoms with Crippen LogP contribution in [0.25, 0.3) is 0 Å². The van der Waals surface area contributed by atoms with Crippen molar-refractivity contribution in [2.75, 3.05) is 39.4 Å². The number of benzene rings is 1. The molecule has 5 atom stereocenters. The van der Waals surface area contributed by atoms with E-state index in [-0.39, 0.29) is 38.5 Å². The SMILES string of the molecule is O=C1CN(CCNC2CCOCC2)C(=O)C[C@@H]2O[C@H](CNC(=O)[C@@H](Cc3cn(Cc4ccccc4)nn3)N1)[C@@H](O)[C@H]2O. The van der Waals surface area contributed by atoms with Gasteiger partial charge in [-0.3, -0.25) is 14.4 Å². The van der Waals surface area contributed by atoms with Gasteiger partial charge in [0.1, 0.15) is 24.4 Å². The maximum Gasteiger partial charge on any atom is 0.243 e. The highest BCUT2D eigenvalue weighted by Gasteiger charge is 2.44. The summed E-state index contributed by atoms with van der Waals surface area (Å²) in [4.78, 5) is 41.1. The minimum Gasteiger partial charge on any atom is -0.388 e. The number of carbonyl (C=O) groups excluding carboxylic acids is 3. The standard InChI is InChI=1S/C28H39N7O7/c36-24-17-34(9-8-29-19-6-10-41-11-7-19)25(37)13-22-26(38)27(39)23(42-22)14-30-28(40)21(31-24)12-20-16-35(33-32-20)15-18-4-2-1-3-5-18/h1-5,16,19,21-23,26-27,29,38-39H,6-15,17H2,(H,30,40)(H,31,36)/t21-,22+,23-,26+,27-/m1/s1. The van der Waals surface area contributed by atoms with Gasteiger partial charge in [0.05, 0.1) is 31.3 Å². The van der Waals surface area contributed by atoms with Crippen molar-refractivity contribution in [3.8, 4) is 0 Å². The molecule has 5 rings (SSSR count). The molecule has 0 spiro atoms. The van der Waals surface area contributed by atoms with E-state index in [4.69, 9.17) is 9.47 Å². The topological polar surface area (TPSA) is 180 Å². The fraction of sp³-hybridized carbons (Fsp3) is 0.607. The summed E-state index contributed by atoms with van der Waals surface area (Å²) < 4.78 is 12.8. The molecule has 1 aromatic heterocycles. The van der Waals surface area contributed by atoms with Crippen molar-refractivity contribution >= 4 is 17.7 Å². The number of fused-ring (bicyclic) bond motifs is 2. The molecule has 2 aromatic rings. The van der Waals surface area contributed by atoms with Crippen LogP contribution in [0.1, 0.15) is 30.5 Å². The van der Waals surface area contributed by atoms with Crippen molar-refractivity contribution in [2.24, 2.45) is 0 Å². The molecule has 14 nitrogen and oxygen atoms in total. The van der Waals surface area contributed by atoms with Gasteiger partial charge in [0.2, 0.25) is 17.7 Å². The Hall–Kier alpha value is -3.43. The van der Waals surface area contributed by atoms with E-state index in [2.05, 4.69) is 26.3 Å². The number of aliphatic hydroxyl groups excluding tert-OH is 2. The lowest BCUT2D eigenvalue weighted by molar-refractivity contribution is -0.139. The lowest BCUT2D eigenvalue weighted by atomic mass is 10.0. The van der Waals surface area contributed by atoms with E-state index in [1.54, 1.807) is 10.9 Å². The summed E-state index contributed by atoms with van der Waals surface area (Å²) in [6.45, 7) is 2.15. The van der Waals surface area contributed by atoms with Gasteiger partial charge in [-0.2, -0.15) is 0 Å². The molecule has 14 heteroatoms. The molecule has 4 heterocycles. The van der Waals surface area contributed by atoms with Crippen molar-refractivity contribution < 1.29 is 34.1 Å². The number of hydrogen-bond donors (Lipinski definition) is 5. The van der Waals surface area contributed by atoms with Crippen molar-refractivity contribution in [1.29, 1.82) is 0 Å². The number of amides is 3. The highest BCUT2D eigenvalue weighted by Crippen LogP contribution is 2.24. The summed E-state index contributed by atoms with van der Waals surface area (Å²) >= 11 is 0. The average Bonchev–Trinajstić information content (AvgIpc) is 3.54. The molecule has 2 bridgehead atoms. The predicted octanol–water partition coefficient (Wildman–Crippen LogP) is -2.04. The van der Waals surface area contributed by atoms with Crippen LogP contribution < -0.4 is 16.0 Å². The molecular weight excluding hydrogens is 546 g/mol. The summed E-state index contributed by atoms with van der Waals surface area (Å²) in [5.74, 6) is -1.40. The van der Waals surface area contributed by atoms with Crippen molar-refractivity contribution in [3.05, 3.63) is 47.8 Å². The van der Waals surface area contributed by atoms with Crippen LogP contribution in [-0.2, 0) is 36.8 Å². The average molecular weight is 586 g/mol. The third-order valence-electron chi connectivity index (χ3n) is 7.88. The van der Waals surface area contributed by atoms with E-state index in [0.717, 1.165) is 18.4 Å². The van der Waals surface area contributed by atoms with Gasteiger partial charge >= 0.3 is 0 Å². The number of rotatable bonds is 8. The maximum absolute atomic E-state index is 13.3. The number of ether oxygens (including phenoxy) is 2. The second kappa shape index (κ2) is 14.2. The van der Waals surface area contributed by atoms with E-state index in [9.17, 15) is 24.6 Å². The Labute approximate surface area is 243 Å². The molecular formula is C28H39N7O7. The molecule has 3 aliphatic heterocycles. The van der Waals surface area contributed by atoms with Gasteiger partial charge in [-0.05, 0) is 18.4 Å². The zero-order chi connectivity index (χ0) is 29.5. The van der Waals surface area contributed by atoms with Crippen LogP contribution >= 0.6 is 0 Å². The van der Waals surface area contributed by atoms with Gasteiger partial charge in [0.25, 0.3) is 0 Å². The van der Waals surface area contributed by atoms with Crippen LogP contribution in [0.5, 0.6) is 0 Å². The van der Waals surface area contributed by atoms with E-state index in [0.29, 0.717) is 32.0 Å².